The maximum absolute atomic E-state index is 12.5. The average molecular weight is 358 g/mol. The monoisotopic (exact) mass is 357 g/mol. The maximum atomic E-state index is 12.5. The Morgan fingerprint density at radius 2 is 1.76 bits per heavy atom. The third kappa shape index (κ3) is 3.94. The fourth-order valence-corrected chi connectivity index (χ4v) is 2.97. The number of hydrogen-bond donors (Lipinski definition) is 1. The minimum absolute atomic E-state index is 0.0505. The van der Waals surface area contributed by atoms with Crippen LogP contribution in [0.15, 0.2) is 48.5 Å². The number of rotatable bonds is 4. The van der Waals surface area contributed by atoms with Crippen LogP contribution >= 0.6 is 11.6 Å². The lowest BCUT2D eigenvalue weighted by atomic mass is 10.1. The zero-order valence-corrected chi connectivity index (χ0v) is 15.0. The van der Waals surface area contributed by atoms with Crippen LogP contribution in [0.3, 0.4) is 0 Å². The molecule has 2 aromatic carbocycles. The van der Waals surface area contributed by atoms with Crippen LogP contribution in [0.4, 0.5) is 17.1 Å². The summed E-state index contributed by atoms with van der Waals surface area (Å²) < 4.78 is 0. The van der Waals surface area contributed by atoms with Crippen LogP contribution in [0.25, 0.3) is 0 Å². The van der Waals surface area contributed by atoms with Crippen LogP contribution in [-0.4, -0.2) is 32.5 Å². The Labute approximate surface area is 152 Å². The van der Waals surface area contributed by atoms with Gasteiger partial charge >= 0.3 is 0 Å². The first-order chi connectivity index (χ1) is 11.9. The molecule has 5 nitrogen and oxygen atoms in total. The standard InChI is InChI=1S/C19H20ClN3O2/c1-22(2)16-9-5-15(6-10-16)21-19(25)13-11-18(24)23(12-13)17-7-3-14(20)4-8-17/h3-10,13H,11-12H2,1-2H3,(H,21,25). The predicted molar refractivity (Wildman–Crippen MR) is 101 cm³/mol. The van der Waals surface area contributed by atoms with Crippen molar-refractivity contribution in [2.75, 3.05) is 35.8 Å². The third-order valence-electron chi connectivity index (χ3n) is 4.29. The van der Waals surface area contributed by atoms with E-state index in [1.54, 1.807) is 29.2 Å². The van der Waals surface area contributed by atoms with Crippen LogP contribution < -0.4 is 15.1 Å². The molecule has 1 aliphatic heterocycles. The summed E-state index contributed by atoms with van der Waals surface area (Å²) in [7, 11) is 3.92. The highest BCUT2D eigenvalue weighted by Gasteiger charge is 2.35. The van der Waals surface area contributed by atoms with Gasteiger partial charge in [0.05, 0.1) is 5.92 Å². The van der Waals surface area contributed by atoms with Crippen LogP contribution in [0.1, 0.15) is 6.42 Å². The molecule has 1 aliphatic rings. The quantitative estimate of drug-likeness (QED) is 0.912. The topological polar surface area (TPSA) is 52.7 Å². The highest BCUT2D eigenvalue weighted by atomic mass is 35.5. The Balaban J connectivity index is 1.65. The van der Waals surface area contributed by atoms with Crippen LogP contribution in [0.5, 0.6) is 0 Å². The molecule has 25 heavy (non-hydrogen) atoms. The molecule has 6 heteroatoms. The zero-order chi connectivity index (χ0) is 18.0. The highest BCUT2D eigenvalue weighted by molar-refractivity contribution is 6.30. The summed E-state index contributed by atoms with van der Waals surface area (Å²) in [6, 6.07) is 14.7. The molecule has 0 bridgehead atoms. The van der Waals surface area contributed by atoms with Gasteiger partial charge in [0.2, 0.25) is 11.8 Å². The fourth-order valence-electron chi connectivity index (χ4n) is 2.84. The molecule has 1 atom stereocenters. The molecule has 0 radical (unpaired) electrons. The van der Waals surface area contributed by atoms with Crippen molar-refractivity contribution in [1.29, 1.82) is 0 Å². The van der Waals surface area contributed by atoms with Gasteiger partial charge < -0.3 is 15.1 Å². The van der Waals surface area contributed by atoms with Crippen molar-refractivity contribution >= 4 is 40.5 Å². The minimum atomic E-state index is -0.364. The van der Waals surface area contributed by atoms with Gasteiger partial charge in [0, 0.05) is 49.1 Å². The second kappa shape index (κ2) is 7.15. The zero-order valence-electron chi connectivity index (χ0n) is 14.2. The Morgan fingerprint density at radius 1 is 1.12 bits per heavy atom. The lowest BCUT2D eigenvalue weighted by Crippen LogP contribution is -2.28. The van der Waals surface area contributed by atoms with Crippen molar-refractivity contribution in [2.24, 2.45) is 5.92 Å². The van der Waals surface area contributed by atoms with E-state index in [0.717, 1.165) is 17.1 Å². The molecule has 1 N–H and O–H groups in total. The number of nitrogens with one attached hydrogen (secondary N) is 1. The van der Waals surface area contributed by atoms with E-state index >= 15 is 0 Å². The lowest BCUT2D eigenvalue weighted by molar-refractivity contribution is -0.122. The number of carbonyl (C=O) groups is 2. The molecule has 0 aliphatic carbocycles. The molecular weight excluding hydrogens is 338 g/mol. The summed E-state index contributed by atoms with van der Waals surface area (Å²) in [5, 5.41) is 3.51. The first-order valence-electron chi connectivity index (χ1n) is 8.08. The summed E-state index contributed by atoms with van der Waals surface area (Å²) in [4.78, 5) is 28.4. The maximum Gasteiger partial charge on any atom is 0.229 e. The van der Waals surface area contributed by atoms with E-state index in [2.05, 4.69) is 5.32 Å². The van der Waals surface area contributed by atoms with E-state index < -0.39 is 0 Å². The summed E-state index contributed by atoms with van der Waals surface area (Å²) in [6.45, 7) is 0.377. The van der Waals surface area contributed by atoms with Gasteiger partial charge in [-0.15, -0.1) is 0 Å². The number of nitrogens with zero attached hydrogens (tertiary/aromatic N) is 2. The highest BCUT2D eigenvalue weighted by Crippen LogP contribution is 2.27. The second-order valence-electron chi connectivity index (χ2n) is 6.31. The summed E-state index contributed by atoms with van der Waals surface area (Å²) in [6.07, 6.45) is 0.213. The second-order valence-corrected chi connectivity index (χ2v) is 6.75. The van der Waals surface area contributed by atoms with Crippen molar-refractivity contribution in [2.45, 2.75) is 6.42 Å². The van der Waals surface area contributed by atoms with Gasteiger partial charge in [-0.1, -0.05) is 11.6 Å². The normalized spacial score (nSPS) is 16.8. The third-order valence-corrected chi connectivity index (χ3v) is 4.54. The van der Waals surface area contributed by atoms with E-state index in [1.807, 2.05) is 43.3 Å². The van der Waals surface area contributed by atoms with Crippen molar-refractivity contribution in [1.82, 2.24) is 0 Å². The Kier molecular flexibility index (Phi) is 4.95. The summed E-state index contributed by atoms with van der Waals surface area (Å²) in [5.74, 6) is -0.551. The molecule has 0 saturated carbocycles. The molecule has 0 aromatic heterocycles. The molecule has 2 amide bonds. The van der Waals surface area contributed by atoms with Crippen molar-refractivity contribution in [3.05, 3.63) is 53.6 Å². The van der Waals surface area contributed by atoms with Gasteiger partial charge in [-0.2, -0.15) is 0 Å². The number of halogens is 1. The molecule has 1 saturated heterocycles. The molecule has 1 fully saturated rings. The largest absolute Gasteiger partial charge is 0.378 e. The SMILES string of the molecule is CN(C)c1ccc(NC(=O)C2CC(=O)N(c3ccc(Cl)cc3)C2)cc1. The van der Waals surface area contributed by atoms with Crippen molar-refractivity contribution < 1.29 is 9.59 Å². The number of anilines is 3. The van der Waals surface area contributed by atoms with Crippen molar-refractivity contribution in [3.8, 4) is 0 Å². The van der Waals surface area contributed by atoms with Crippen LogP contribution in [0.2, 0.25) is 5.02 Å². The van der Waals surface area contributed by atoms with Gasteiger partial charge in [0.15, 0.2) is 0 Å². The van der Waals surface area contributed by atoms with E-state index in [4.69, 9.17) is 11.6 Å². The molecule has 1 unspecified atom stereocenters. The van der Waals surface area contributed by atoms with Gasteiger partial charge in [-0.05, 0) is 48.5 Å². The number of carbonyl (C=O) groups excluding carboxylic acids is 2. The van der Waals surface area contributed by atoms with E-state index in [9.17, 15) is 9.59 Å². The van der Waals surface area contributed by atoms with E-state index in [1.165, 1.54) is 0 Å². The van der Waals surface area contributed by atoms with Gasteiger partial charge in [-0.25, -0.2) is 0 Å². The first kappa shape index (κ1) is 17.3. The Hall–Kier alpha value is -2.53. The molecule has 0 spiro atoms. The number of amides is 2. The van der Waals surface area contributed by atoms with Crippen molar-refractivity contribution in [3.63, 3.8) is 0 Å². The predicted octanol–water partition coefficient (Wildman–Crippen LogP) is 3.40. The molecule has 2 aromatic rings. The van der Waals surface area contributed by atoms with E-state index in [0.29, 0.717) is 11.6 Å². The Morgan fingerprint density at radius 3 is 2.36 bits per heavy atom. The van der Waals surface area contributed by atoms with Gasteiger partial charge in [0.1, 0.15) is 0 Å². The first-order valence-corrected chi connectivity index (χ1v) is 8.46. The number of benzene rings is 2. The Bertz CT molecular complexity index is 772. The minimum Gasteiger partial charge on any atom is -0.378 e. The van der Waals surface area contributed by atoms with Gasteiger partial charge in [0.25, 0.3) is 0 Å². The molecule has 130 valence electrons. The average Bonchev–Trinajstić information content (AvgIpc) is 2.98. The lowest BCUT2D eigenvalue weighted by Gasteiger charge is -2.17. The van der Waals surface area contributed by atoms with Crippen LogP contribution in [0, 0.1) is 5.92 Å². The molecule has 1 heterocycles. The van der Waals surface area contributed by atoms with Gasteiger partial charge in [-0.3, -0.25) is 9.59 Å². The van der Waals surface area contributed by atoms with E-state index in [-0.39, 0.29) is 24.2 Å². The fraction of sp³-hybridized carbons (Fsp3) is 0.263. The molecular formula is C19H20ClN3O2. The summed E-state index contributed by atoms with van der Waals surface area (Å²) in [5.41, 5.74) is 2.55. The van der Waals surface area contributed by atoms with Crippen LogP contribution in [-0.2, 0) is 9.59 Å². The smallest absolute Gasteiger partial charge is 0.229 e. The number of hydrogen-bond acceptors (Lipinski definition) is 3. The molecule has 3 rings (SSSR count). The summed E-state index contributed by atoms with van der Waals surface area (Å²) >= 11 is 5.88.